The molecule has 0 bridgehead atoms. The molecule has 0 aromatic carbocycles. The fraction of sp³-hybridized carbons (Fsp3) is 0.875. The van der Waals surface area contributed by atoms with Crippen LogP contribution in [0.15, 0.2) is 12.2 Å². The van der Waals surface area contributed by atoms with Gasteiger partial charge in [-0.3, -0.25) is 4.79 Å². The zero-order valence-corrected chi connectivity index (χ0v) is 20.0. The fourth-order valence-electron chi connectivity index (χ4n) is 2.71. The van der Waals surface area contributed by atoms with E-state index in [9.17, 15) is 4.79 Å². The predicted molar refractivity (Wildman–Crippen MR) is 125 cm³/mol. The fourth-order valence-corrected chi connectivity index (χ4v) is 2.71. The molecule has 0 saturated carbocycles. The van der Waals surface area contributed by atoms with Crippen LogP contribution in [0.4, 0.5) is 0 Å². The van der Waals surface area contributed by atoms with E-state index in [0.29, 0.717) is 6.42 Å². The molecule has 0 radical (unpaired) electrons. The molecule has 0 aromatic rings. The van der Waals surface area contributed by atoms with Gasteiger partial charge in [0.15, 0.2) is 0 Å². The van der Waals surface area contributed by atoms with E-state index in [-0.39, 0.29) is 13.2 Å². The van der Waals surface area contributed by atoms with Gasteiger partial charge >= 0.3 is 5.97 Å². The molecule has 32 heavy (non-hydrogen) atoms. The van der Waals surface area contributed by atoms with E-state index in [1.54, 1.807) is 0 Å². The number of carbonyl (C=O) groups is 1. The van der Waals surface area contributed by atoms with Crippen molar-refractivity contribution in [3.63, 3.8) is 0 Å². The lowest BCUT2D eigenvalue weighted by atomic mass is 10.1. The second-order valence-electron chi connectivity index (χ2n) is 7.97. The van der Waals surface area contributed by atoms with E-state index in [4.69, 9.17) is 25.5 Å². The number of rotatable bonds is 22. The van der Waals surface area contributed by atoms with Gasteiger partial charge in [-0.1, -0.05) is 70.4 Å². The Hall–Kier alpha value is -1.03. The minimum Gasteiger partial charge on any atom is -0.481 e. The Morgan fingerprint density at radius 3 is 1.53 bits per heavy atom. The highest BCUT2D eigenvalue weighted by atomic mass is 17.2. The van der Waals surface area contributed by atoms with Crippen LogP contribution in [0.1, 0.15) is 96.8 Å². The van der Waals surface area contributed by atoms with Crippen LogP contribution in [0.2, 0.25) is 0 Å². The van der Waals surface area contributed by atoms with Crippen molar-refractivity contribution in [1.82, 2.24) is 0 Å². The van der Waals surface area contributed by atoms with E-state index < -0.39 is 31.4 Å². The number of carboxylic acids is 1. The Labute approximate surface area is 194 Å². The number of aliphatic carboxylic acids is 1. The highest BCUT2D eigenvalue weighted by Gasteiger charge is 2.05. The first-order valence-electron chi connectivity index (χ1n) is 12.2. The molecule has 0 aliphatic carbocycles. The molecule has 2 unspecified atom stereocenters. The Balaban J connectivity index is 0. The summed E-state index contributed by atoms with van der Waals surface area (Å²) in [5.41, 5.74) is 0. The summed E-state index contributed by atoms with van der Waals surface area (Å²) in [6.07, 6.45) is 19.3. The third-order valence-electron chi connectivity index (χ3n) is 4.68. The summed E-state index contributed by atoms with van der Waals surface area (Å²) in [6, 6.07) is 0. The first-order valence-corrected chi connectivity index (χ1v) is 12.2. The van der Waals surface area contributed by atoms with E-state index >= 15 is 0 Å². The van der Waals surface area contributed by atoms with E-state index in [0.717, 1.165) is 12.8 Å². The van der Waals surface area contributed by atoms with E-state index in [2.05, 4.69) is 28.9 Å². The van der Waals surface area contributed by atoms with Crippen molar-refractivity contribution in [3.8, 4) is 0 Å². The summed E-state index contributed by atoms with van der Waals surface area (Å²) in [5, 5.41) is 42.6. The second kappa shape index (κ2) is 28.0. The van der Waals surface area contributed by atoms with Crippen molar-refractivity contribution >= 4 is 5.97 Å². The van der Waals surface area contributed by atoms with Crippen molar-refractivity contribution < 1.29 is 40.1 Å². The maximum absolute atomic E-state index is 10.3. The van der Waals surface area contributed by atoms with E-state index in [1.165, 1.54) is 70.6 Å². The summed E-state index contributed by atoms with van der Waals surface area (Å²) >= 11 is 0. The minimum absolute atomic E-state index is 0.172. The van der Waals surface area contributed by atoms with Crippen LogP contribution in [-0.2, 0) is 14.6 Å². The van der Waals surface area contributed by atoms with Gasteiger partial charge in [0.25, 0.3) is 0 Å². The van der Waals surface area contributed by atoms with Crippen molar-refractivity contribution in [2.75, 3.05) is 26.4 Å². The molecule has 0 rings (SSSR count). The van der Waals surface area contributed by atoms with Crippen molar-refractivity contribution in [2.45, 2.75) is 109 Å². The molecule has 8 heteroatoms. The normalized spacial score (nSPS) is 13.0. The second-order valence-corrected chi connectivity index (χ2v) is 7.97. The first kappa shape index (κ1) is 33.1. The number of aliphatic hydroxyl groups is 4. The Morgan fingerprint density at radius 2 is 1.12 bits per heavy atom. The quantitative estimate of drug-likeness (QED) is 0.0707. The van der Waals surface area contributed by atoms with Gasteiger partial charge in [0, 0.05) is 6.42 Å². The molecule has 0 amide bonds. The van der Waals surface area contributed by atoms with Crippen LogP contribution in [0, 0.1) is 0 Å². The van der Waals surface area contributed by atoms with Gasteiger partial charge in [-0.05, 0) is 32.1 Å². The van der Waals surface area contributed by atoms with Crippen molar-refractivity contribution in [1.29, 1.82) is 0 Å². The van der Waals surface area contributed by atoms with Gasteiger partial charge in [-0.25, -0.2) is 9.78 Å². The summed E-state index contributed by atoms with van der Waals surface area (Å²) in [7, 11) is 0. The molecule has 2 atom stereocenters. The van der Waals surface area contributed by atoms with Gasteiger partial charge < -0.3 is 25.5 Å². The molecule has 0 aliphatic heterocycles. The highest BCUT2D eigenvalue weighted by molar-refractivity contribution is 5.66. The molecule has 0 heterocycles. The monoisotopic (exact) mass is 464 g/mol. The maximum Gasteiger partial charge on any atom is 0.303 e. The third kappa shape index (κ3) is 31.2. The van der Waals surface area contributed by atoms with Crippen molar-refractivity contribution in [2.24, 2.45) is 0 Å². The Morgan fingerprint density at radius 1 is 0.719 bits per heavy atom. The molecular formula is C24H48O8. The Bertz CT molecular complexity index is 391. The topological polar surface area (TPSA) is 137 Å². The van der Waals surface area contributed by atoms with Gasteiger partial charge in [0.1, 0.15) is 25.4 Å². The SMILES string of the molecule is CCCCCCCC/C=C\CCCCCCCC(=O)O.OCC(O)COOCC(O)CO. The molecule has 5 N–H and O–H groups in total. The highest BCUT2D eigenvalue weighted by Crippen LogP contribution is 2.09. The molecule has 8 nitrogen and oxygen atoms in total. The van der Waals surface area contributed by atoms with Crippen LogP contribution in [0.5, 0.6) is 0 Å². The van der Waals surface area contributed by atoms with Crippen LogP contribution in [0.25, 0.3) is 0 Å². The number of allylic oxidation sites excluding steroid dienone is 2. The van der Waals surface area contributed by atoms with Gasteiger partial charge in [0.05, 0.1) is 13.2 Å². The van der Waals surface area contributed by atoms with Gasteiger partial charge in [0.2, 0.25) is 0 Å². The Kier molecular flexibility index (Phi) is 29.0. The van der Waals surface area contributed by atoms with Crippen LogP contribution < -0.4 is 0 Å². The lowest BCUT2D eigenvalue weighted by Gasteiger charge is -2.09. The standard InChI is InChI=1S/C18H34O2.C6H14O6/c1-2-3-4-5-6-7-8-9-10-11-12-13-14-15-16-17-18(19)20;7-1-5(9)3-11-12-4-6(10)2-8/h9-10H,2-8,11-17H2,1H3,(H,19,20);5-10H,1-4H2/b10-9-;. The molecule has 0 fully saturated rings. The average Bonchev–Trinajstić information content (AvgIpc) is 2.79. The summed E-state index contributed by atoms with van der Waals surface area (Å²) in [5.74, 6) is -0.664. The zero-order valence-electron chi connectivity index (χ0n) is 20.0. The molecule has 0 spiro atoms. The van der Waals surface area contributed by atoms with Crippen LogP contribution >= 0.6 is 0 Å². The summed E-state index contributed by atoms with van der Waals surface area (Å²) < 4.78 is 0. The number of unbranched alkanes of at least 4 members (excludes halogenated alkanes) is 11. The maximum atomic E-state index is 10.3. The van der Waals surface area contributed by atoms with Crippen LogP contribution in [-0.4, -0.2) is 70.1 Å². The largest absolute Gasteiger partial charge is 0.481 e. The number of hydrogen-bond acceptors (Lipinski definition) is 7. The molecular weight excluding hydrogens is 416 g/mol. The van der Waals surface area contributed by atoms with Gasteiger partial charge in [-0.15, -0.1) is 0 Å². The van der Waals surface area contributed by atoms with Crippen LogP contribution in [0.3, 0.4) is 0 Å². The summed E-state index contributed by atoms with van der Waals surface area (Å²) in [6.45, 7) is 1.09. The zero-order chi connectivity index (χ0) is 24.3. The number of carboxylic acid groups (broad SMARTS) is 1. The first-order chi connectivity index (χ1) is 15.5. The van der Waals surface area contributed by atoms with Crippen molar-refractivity contribution in [3.05, 3.63) is 12.2 Å². The van der Waals surface area contributed by atoms with E-state index in [1.807, 2.05) is 0 Å². The van der Waals surface area contributed by atoms with Gasteiger partial charge in [-0.2, -0.15) is 0 Å². The molecule has 0 aliphatic rings. The minimum atomic E-state index is -0.990. The smallest absolute Gasteiger partial charge is 0.303 e. The molecule has 0 aromatic heterocycles. The molecule has 192 valence electrons. The lowest BCUT2D eigenvalue weighted by molar-refractivity contribution is -0.316. The third-order valence-corrected chi connectivity index (χ3v) is 4.68. The lowest BCUT2D eigenvalue weighted by Crippen LogP contribution is -2.23. The number of hydrogen-bond donors (Lipinski definition) is 5. The average molecular weight is 465 g/mol. The predicted octanol–water partition coefficient (Wildman–Crippen LogP) is 3.75. The summed E-state index contributed by atoms with van der Waals surface area (Å²) in [4.78, 5) is 19.1. The molecule has 0 saturated heterocycles. The number of aliphatic hydroxyl groups excluding tert-OH is 4.